The highest BCUT2D eigenvalue weighted by Crippen LogP contribution is 2.65. The Kier molecular flexibility index (Phi) is 4.63. The summed E-state index contributed by atoms with van der Waals surface area (Å²) in [5, 5.41) is 0. The minimum absolute atomic E-state index is 0.0269. The first-order valence-corrected chi connectivity index (χ1v) is 10.6. The second-order valence-corrected chi connectivity index (χ2v) is 9.87. The summed E-state index contributed by atoms with van der Waals surface area (Å²) in [5.41, 5.74) is 0.624. The average Bonchev–Trinajstić information content (AvgIpc) is 2.96. The lowest BCUT2D eigenvalue weighted by molar-refractivity contribution is -0.152. The Balaban J connectivity index is 1.62. The second kappa shape index (κ2) is 6.64. The van der Waals surface area contributed by atoms with Gasteiger partial charge < -0.3 is 4.74 Å². The standard InChI is InChI=1S/C23H30O5/c1-13(24)28-12-20(27)18-7-6-17-16-5-4-14-10-15(25)8-9-22(14,2)21(16)19(26)11-23(17,18)3/h4,16-18,21H,5-12H2,1-3H3/t16-,17-,18+,21+,22-,23-/m0/s1. The Bertz CT molecular complexity index is 780. The number of hydrogen-bond donors (Lipinski definition) is 0. The molecule has 0 unspecified atom stereocenters. The Morgan fingerprint density at radius 2 is 1.96 bits per heavy atom. The van der Waals surface area contributed by atoms with Crippen molar-refractivity contribution in [3.05, 3.63) is 11.6 Å². The van der Waals surface area contributed by atoms with Crippen molar-refractivity contribution in [1.29, 1.82) is 0 Å². The predicted octanol–water partition coefficient (Wildman–Crippen LogP) is 3.45. The second-order valence-electron chi connectivity index (χ2n) is 9.87. The van der Waals surface area contributed by atoms with Gasteiger partial charge in [0.25, 0.3) is 0 Å². The molecule has 3 fully saturated rings. The number of ether oxygens (including phenoxy) is 1. The van der Waals surface area contributed by atoms with E-state index >= 15 is 0 Å². The van der Waals surface area contributed by atoms with Crippen molar-refractivity contribution in [1.82, 2.24) is 0 Å². The molecule has 5 nitrogen and oxygen atoms in total. The van der Waals surface area contributed by atoms with Crippen molar-refractivity contribution in [2.24, 2.45) is 34.5 Å². The Labute approximate surface area is 166 Å². The van der Waals surface area contributed by atoms with Crippen LogP contribution in [0.5, 0.6) is 0 Å². The van der Waals surface area contributed by atoms with E-state index < -0.39 is 5.97 Å². The van der Waals surface area contributed by atoms with Crippen LogP contribution in [0.2, 0.25) is 0 Å². The molecule has 0 aromatic heterocycles. The Morgan fingerprint density at radius 3 is 2.68 bits per heavy atom. The summed E-state index contributed by atoms with van der Waals surface area (Å²) in [6.07, 6.45) is 7.03. The lowest BCUT2D eigenvalue weighted by Crippen LogP contribution is -2.55. The van der Waals surface area contributed by atoms with Crippen molar-refractivity contribution in [3.63, 3.8) is 0 Å². The van der Waals surface area contributed by atoms with Gasteiger partial charge in [-0.3, -0.25) is 19.2 Å². The zero-order valence-electron chi connectivity index (χ0n) is 17.1. The van der Waals surface area contributed by atoms with Crippen molar-refractivity contribution in [2.75, 3.05) is 6.61 Å². The van der Waals surface area contributed by atoms with Crippen LogP contribution >= 0.6 is 0 Å². The van der Waals surface area contributed by atoms with Crippen LogP contribution in [0.1, 0.15) is 65.7 Å². The molecule has 4 aliphatic carbocycles. The molecule has 0 aromatic rings. The van der Waals surface area contributed by atoms with Gasteiger partial charge in [-0.15, -0.1) is 0 Å². The number of esters is 1. The highest BCUT2D eigenvalue weighted by atomic mass is 16.5. The smallest absolute Gasteiger partial charge is 0.303 e. The summed E-state index contributed by atoms with van der Waals surface area (Å²) in [5.74, 6) is 0.387. The topological polar surface area (TPSA) is 77.5 Å². The molecule has 4 rings (SSSR count). The maximum atomic E-state index is 13.4. The van der Waals surface area contributed by atoms with Crippen LogP contribution in [0.15, 0.2) is 11.6 Å². The van der Waals surface area contributed by atoms with E-state index in [1.807, 2.05) is 0 Å². The van der Waals surface area contributed by atoms with Crippen LogP contribution in [0.25, 0.3) is 0 Å². The number of allylic oxidation sites excluding steroid dienone is 2. The first-order chi connectivity index (χ1) is 13.2. The van der Waals surface area contributed by atoms with E-state index in [-0.39, 0.29) is 52.5 Å². The maximum absolute atomic E-state index is 13.4. The Hall–Kier alpha value is -1.78. The SMILES string of the molecule is CC(=O)OCC(=O)[C@H]1CC[C@H]2[C@@H]3CC=C4CC(=O)CC[C@]4(C)[C@H]3C(=O)C[C@]12C. The summed E-state index contributed by atoms with van der Waals surface area (Å²) in [6, 6.07) is 0. The fraction of sp³-hybridized carbons (Fsp3) is 0.739. The summed E-state index contributed by atoms with van der Waals surface area (Å²) < 4.78 is 4.96. The van der Waals surface area contributed by atoms with Crippen molar-refractivity contribution in [3.8, 4) is 0 Å². The summed E-state index contributed by atoms with van der Waals surface area (Å²) in [4.78, 5) is 49.3. The van der Waals surface area contributed by atoms with Crippen molar-refractivity contribution >= 4 is 23.3 Å². The van der Waals surface area contributed by atoms with Gasteiger partial charge in [0, 0.05) is 38.0 Å². The number of ketones is 3. The van der Waals surface area contributed by atoms with Gasteiger partial charge in [-0.05, 0) is 48.3 Å². The number of Topliss-reactive ketones (excluding diaryl/α,β-unsaturated/α-hetero) is 3. The molecule has 3 saturated carbocycles. The number of hydrogen-bond acceptors (Lipinski definition) is 5. The quantitative estimate of drug-likeness (QED) is 0.548. The molecule has 0 heterocycles. The van der Waals surface area contributed by atoms with E-state index in [2.05, 4.69) is 19.9 Å². The van der Waals surface area contributed by atoms with Gasteiger partial charge in [0.15, 0.2) is 5.78 Å². The van der Waals surface area contributed by atoms with Crippen LogP contribution in [0.3, 0.4) is 0 Å². The van der Waals surface area contributed by atoms with Gasteiger partial charge in [-0.1, -0.05) is 25.5 Å². The van der Waals surface area contributed by atoms with Gasteiger partial charge >= 0.3 is 5.97 Å². The van der Waals surface area contributed by atoms with Crippen LogP contribution in [-0.4, -0.2) is 29.9 Å². The molecule has 28 heavy (non-hydrogen) atoms. The minimum atomic E-state index is -0.447. The first-order valence-electron chi connectivity index (χ1n) is 10.6. The minimum Gasteiger partial charge on any atom is -0.458 e. The third kappa shape index (κ3) is 2.81. The fourth-order valence-corrected chi connectivity index (χ4v) is 7.11. The normalized spacial score (nSPS) is 42.2. The largest absolute Gasteiger partial charge is 0.458 e. The third-order valence-electron chi connectivity index (χ3n) is 8.43. The summed E-state index contributed by atoms with van der Waals surface area (Å²) in [7, 11) is 0. The summed E-state index contributed by atoms with van der Waals surface area (Å²) in [6.45, 7) is 5.40. The van der Waals surface area contributed by atoms with Crippen LogP contribution < -0.4 is 0 Å². The first kappa shape index (κ1) is 19.5. The predicted molar refractivity (Wildman–Crippen MR) is 102 cm³/mol. The molecule has 0 spiro atoms. The average molecular weight is 386 g/mol. The molecule has 0 aromatic carbocycles. The molecule has 0 amide bonds. The third-order valence-corrected chi connectivity index (χ3v) is 8.43. The molecule has 5 heteroatoms. The summed E-state index contributed by atoms with van der Waals surface area (Å²) >= 11 is 0. The zero-order valence-corrected chi connectivity index (χ0v) is 17.1. The van der Waals surface area contributed by atoms with E-state index in [1.54, 1.807) is 0 Å². The molecule has 152 valence electrons. The highest BCUT2D eigenvalue weighted by Gasteiger charge is 2.62. The van der Waals surface area contributed by atoms with Gasteiger partial charge in [0.05, 0.1) is 0 Å². The molecule has 0 N–H and O–H groups in total. The van der Waals surface area contributed by atoms with E-state index in [1.165, 1.54) is 12.5 Å². The molecule has 0 aliphatic heterocycles. The van der Waals surface area contributed by atoms with E-state index in [0.29, 0.717) is 25.2 Å². The molecule has 0 radical (unpaired) electrons. The van der Waals surface area contributed by atoms with Crippen LogP contribution in [0.4, 0.5) is 0 Å². The lowest BCUT2D eigenvalue weighted by atomic mass is 9.47. The van der Waals surface area contributed by atoms with E-state index in [4.69, 9.17) is 4.74 Å². The number of fused-ring (bicyclic) bond motifs is 5. The van der Waals surface area contributed by atoms with Crippen LogP contribution in [0, 0.1) is 34.5 Å². The van der Waals surface area contributed by atoms with Gasteiger partial charge in [-0.25, -0.2) is 0 Å². The molecular weight excluding hydrogens is 356 g/mol. The molecule has 0 saturated heterocycles. The monoisotopic (exact) mass is 386 g/mol. The van der Waals surface area contributed by atoms with Gasteiger partial charge in [0.2, 0.25) is 0 Å². The number of rotatable bonds is 3. The molecule has 0 bridgehead atoms. The van der Waals surface area contributed by atoms with E-state index in [9.17, 15) is 19.2 Å². The maximum Gasteiger partial charge on any atom is 0.303 e. The number of carbonyl (C=O) groups excluding carboxylic acids is 4. The molecule has 6 atom stereocenters. The van der Waals surface area contributed by atoms with Gasteiger partial charge in [0.1, 0.15) is 18.2 Å². The van der Waals surface area contributed by atoms with Crippen LogP contribution in [-0.2, 0) is 23.9 Å². The lowest BCUT2D eigenvalue weighted by Gasteiger charge is -2.56. The number of carbonyl (C=O) groups is 4. The highest BCUT2D eigenvalue weighted by molar-refractivity contribution is 5.90. The molecule has 4 aliphatic rings. The Morgan fingerprint density at radius 1 is 1.21 bits per heavy atom. The molecular formula is C23H30O5. The van der Waals surface area contributed by atoms with Crippen molar-refractivity contribution in [2.45, 2.75) is 65.7 Å². The fourth-order valence-electron chi connectivity index (χ4n) is 7.11. The van der Waals surface area contributed by atoms with E-state index in [0.717, 1.165) is 25.7 Å². The van der Waals surface area contributed by atoms with Crippen molar-refractivity contribution < 1.29 is 23.9 Å². The van der Waals surface area contributed by atoms with Gasteiger partial charge in [-0.2, -0.15) is 0 Å². The zero-order chi connectivity index (χ0) is 20.3.